The third-order valence-electron chi connectivity index (χ3n) is 3.67. The minimum Gasteiger partial charge on any atom is -0.383 e. The Morgan fingerprint density at radius 3 is 2.56 bits per heavy atom. The van der Waals surface area contributed by atoms with Gasteiger partial charge in [-0.2, -0.15) is 0 Å². The summed E-state index contributed by atoms with van der Waals surface area (Å²) in [6.45, 7) is 3.00. The molecule has 0 spiro atoms. The summed E-state index contributed by atoms with van der Waals surface area (Å²) in [7, 11) is 1.76. The molecule has 2 nitrogen and oxygen atoms in total. The molecule has 0 aromatic heterocycles. The van der Waals surface area contributed by atoms with Crippen LogP contribution in [0.15, 0.2) is 0 Å². The van der Waals surface area contributed by atoms with Crippen LogP contribution in [0.2, 0.25) is 0 Å². The molecule has 1 fully saturated rings. The van der Waals surface area contributed by atoms with E-state index in [0.29, 0.717) is 0 Å². The van der Waals surface area contributed by atoms with Crippen molar-refractivity contribution >= 4 is 0 Å². The van der Waals surface area contributed by atoms with Gasteiger partial charge in [0.05, 0.1) is 6.61 Å². The van der Waals surface area contributed by atoms with Crippen LogP contribution in [-0.4, -0.2) is 26.8 Å². The topological polar surface area (TPSA) is 21.3 Å². The average molecular weight is 227 g/mol. The predicted molar refractivity (Wildman–Crippen MR) is 69.8 cm³/mol. The Balaban J connectivity index is 1.77. The highest BCUT2D eigenvalue weighted by Gasteiger charge is 2.12. The summed E-state index contributed by atoms with van der Waals surface area (Å²) in [4.78, 5) is 0. The first-order valence-electron chi connectivity index (χ1n) is 7.13. The quantitative estimate of drug-likeness (QED) is 0.610. The fourth-order valence-electron chi connectivity index (χ4n) is 2.63. The first kappa shape index (κ1) is 14.0. The van der Waals surface area contributed by atoms with Crippen molar-refractivity contribution < 1.29 is 4.74 Å². The number of nitrogens with one attached hydrogen (secondary N) is 1. The van der Waals surface area contributed by atoms with E-state index in [1.807, 2.05) is 0 Å². The molecule has 0 unspecified atom stereocenters. The molecular formula is C14H29NO. The standard InChI is InChI=1S/C14H29NO/c1-16-13-12-15-11-7-3-6-10-14-8-4-2-5-9-14/h14-15H,2-13H2,1H3. The molecule has 0 amide bonds. The first-order valence-corrected chi connectivity index (χ1v) is 7.13. The fourth-order valence-corrected chi connectivity index (χ4v) is 2.63. The van der Waals surface area contributed by atoms with Gasteiger partial charge in [0.1, 0.15) is 0 Å². The zero-order chi connectivity index (χ0) is 11.5. The highest BCUT2D eigenvalue weighted by atomic mass is 16.5. The third kappa shape index (κ3) is 7.24. The number of hydrogen-bond donors (Lipinski definition) is 1. The molecule has 1 aliphatic rings. The molecule has 0 bridgehead atoms. The van der Waals surface area contributed by atoms with Crippen LogP contribution in [0, 0.1) is 5.92 Å². The second-order valence-electron chi connectivity index (χ2n) is 5.10. The van der Waals surface area contributed by atoms with E-state index < -0.39 is 0 Å². The van der Waals surface area contributed by atoms with E-state index in [2.05, 4.69) is 5.32 Å². The van der Waals surface area contributed by atoms with E-state index in [-0.39, 0.29) is 0 Å². The highest BCUT2D eigenvalue weighted by molar-refractivity contribution is 4.65. The van der Waals surface area contributed by atoms with Crippen LogP contribution in [-0.2, 0) is 4.74 Å². The summed E-state index contributed by atoms with van der Waals surface area (Å²) in [5.41, 5.74) is 0. The van der Waals surface area contributed by atoms with Gasteiger partial charge in [-0.05, 0) is 18.9 Å². The summed E-state index contributed by atoms with van der Waals surface area (Å²) >= 11 is 0. The molecule has 96 valence electrons. The summed E-state index contributed by atoms with van der Waals surface area (Å²) in [5, 5.41) is 3.40. The number of ether oxygens (including phenoxy) is 1. The van der Waals surface area contributed by atoms with Gasteiger partial charge in [0.15, 0.2) is 0 Å². The molecule has 0 saturated heterocycles. The molecule has 1 aliphatic carbocycles. The molecule has 16 heavy (non-hydrogen) atoms. The van der Waals surface area contributed by atoms with Crippen molar-refractivity contribution in [3.05, 3.63) is 0 Å². The smallest absolute Gasteiger partial charge is 0.0587 e. The maximum absolute atomic E-state index is 4.99. The van der Waals surface area contributed by atoms with Crippen LogP contribution in [0.1, 0.15) is 57.8 Å². The van der Waals surface area contributed by atoms with Crippen LogP contribution in [0.5, 0.6) is 0 Å². The minimum atomic E-state index is 0.835. The SMILES string of the molecule is COCCNCCCCCC1CCCCC1. The van der Waals surface area contributed by atoms with Gasteiger partial charge in [-0.25, -0.2) is 0 Å². The molecule has 0 aromatic carbocycles. The molecular weight excluding hydrogens is 198 g/mol. The minimum absolute atomic E-state index is 0.835. The van der Waals surface area contributed by atoms with Gasteiger partial charge in [0.2, 0.25) is 0 Å². The van der Waals surface area contributed by atoms with Crippen LogP contribution in [0.4, 0.5) is 0 Å². The first-order chi connectivity index (χ1) is 7.93. The molecule has 1 saturated carbocycles. The summed E-state index contributed by atoms with van der Waals surface area (Å²) in [6.07, 6.45) is 13.1. The second-order valence-corrected chi connectivity index (χ2v) is 5.10. The van der Waals surface area contributed by atoms with Gasteiger partial charge in [0.25, 0.3) is 0 Å². The van der Waals surface area contributed by atoms with Crippen molar-refractivity contribution in [1.29, 1.82) is 0 Å². The molecule has 1 N–H and O–H groups in total. The molecule has 0 aliphatic heterocycles. The van der Waals surface area contributed by atoms with E-state index in [0.717, 1.165) is 25.6 Å². The van der Waals surface area contributed by atoms with Gasteiger partial charge in [-0.1, -0.05) is 51.4 Å². The normalized spacial score (nSPS) is 17.8. The summed E-state index contributed by atoms with van der Waals surface area (Å²) in [6, 6.07) is 0. The second kappa shape index (κ2) is 10.1. The van der Waals surface area contributed by atoms with Crippen LogP contribution >= 0.6 is 0 Å². The van der Waals surface area contributed by atoms with E-state index >= 15 is 0 Å². The Hall–Kier alpha value is -0.0800. The lowest BCUT2D eigenvalue weighted by Crippen LogP contribution is -2.20. The maximum atomic E-state index is 4.99. The molecule has 0 heterocycles. The zero-order valence-electron chi connectivity index (χ0n) is 11.0. The highest BCUT2D eigenvalue weighted by Crippen LogP contribution is 2.27. The van der Waals surface area contributed by atoms with E-state index in [1.54, 1.807) is 7.11 Å². The van der Waals surface area contributed by atoms with Gasteiger partial charge >= 0.3 is 0 Å². The number of methoxy groups -OCH3 is 1. The van der Waals surface area contributed by atoms with Crippen LogP contribution in [0.25, 0.3) is 0 Å². The monoisotopic (exact) mass is 227 g/mol. The predicted octanol–water partition coefficient (Wildman–Crippen LogP) is 3.36. The van der Waals surface area contributed by atoms with Crippen molar-refractivity contribution in [2.24, 2.45) is 5.92 Å². The van der Waals surface area contributed by atoms with Crippen molar-refractivity contribution in [1.82, 2.24) is 5.32 Å². The lowest BCUT2D eigenvalue weighted by Gasteiger charge is -2.21. The van der Waals surface area contributed by atoms with E-state index in [1.165, 1.54) is 57.8 Å². The molecule has 0 radical (unpaired) electrons. The van der Waals surface area contributed by atoms with Gasteiger partial charge in [-0.15, -0.1) is 0 Å². The molecule has 2 heteroatoms. The summed E-state index contributed by atoms with van der Waals surface area (Å²) < 4.78 is 4.99. The van der Waals surface area contributed by atoms with E-state index in [4.69, 9.17) is 4.74 Å². The van der Waals surface area contributed by atoms with Gasteiger partial charge in [-0.3, -0.25) is 0 Å². The fraction of sp³-hybridized carbons (Fsp3) is 1.00. The van der Waals surface area contributed by atoms with Crippen molar-refractivity contribution in [3.8, 4) is 0 Å². The van der Waals surface area contributed by atoms with Gasteiger partial charge in [0, 0.05) is 13.7 Å². The van der Waals surface area contributed by atoms with Gasteiger partial charge < -0.3 is 10.1 Å². The maximum Gasteiger partial charge on any atom is 0.0587 e. The summed E-state index contributed by atoms with van der Waals surface area (Å²) in [5.74, 6) is 1.07. The lowest BCUT2D eigenvalue weighted by atomic mass is 9.86. The van der Waals surface area contributed by atoms with Crippen LogP contribution in [0.3, 0.4) is 0 Å². The van der Waals surface area contributed by atoms with Crippen molar-refractivity contribution in [2.45, 2.75) is 57.8 Å². The lowest BCUT2D eigenvalue weighted by molar-refractivity contribution is 0.199. The number of rotatable bonds is 9. The Morgan fingerprint density at radius 1 is 1.00 bits per heavy atom. The molecule has 0 atom stereocenters. The third-order valence-corrected chi connectivity index (χ3v) is 3.67. The Morgan fingerprint density at radius 2 is 1.81 bits per heavy atom. The van der Waals surface area contributed by atoms with Crippen LogP contribution < -0.4 is 5.32 Å². The van der Waals surface area contributed by atoms with Crippen molar-refractivity contribution in [2.75, 3.05) is 26.8 Å². The molecule has 0 aromatic rings. The van der Waals surface area contributed by atoms with Crippen molar-refractivity contribution in [3.63, 3.8) is 0 Å². The average Bonchev–Trinajstić information content (AvgIpc) is 2.34. The Kier molecular flexibility index (Phi) is 8.83. The Bertz CT molecular complexity index is 144. The number of hydrogen-bond acceptors (Lipinski definition) is 2. The zero-order valence-corrected chi connectivity index (χ0v) is 11.0. The Labute approximate surface area is 101 Å². The molecule has 1 rings (SSSR count). The largest absolute Gasteiger partial charge is 0.383 e. The van der Waals surface area contributed by atoms with E-state index in [9.17, 15) is 0 Å². The number of unbranched alkanes of at least 4 members (excludes halogenated alkanes) is 2.